The first-order chi connectivity index (χ1) is 11.8. The van der Waals surface area contributed by atoms with E-state index in [1.54, 1.807) is 7.11 Å². The zero-order chi connectivity index (χ0) is 16.8. The quantitative estimate of drug-likeness (QED) is 0.848. The summed E-state index contributed by atoms with van der Waals surface area (Å²) in [6, 6.07) is 17.9. The van der Waals surface area contributed by atoms with Crippen LogP contribution in [0.2, 0.25) is 0 Å². The molecule has 1 heterocycles. The maximum absolute atomic E-state index is 12.6. The van der Waals surface area contributed by atoms with E-state index in [4.69, 9.17) is 4.74 Å². The molecule has 2 aromatic rings. The van der Waals surface area contributed by atoms with Gasteiger partial charge in [0.05, 0.1) is 7.11 Å². The average molecular weight is 324 g/mol. The summed E-state index contributed by atoms with van der Waals surface area (Å²) < 4.78 is 5.20. The summed E-state index contributed by atoms with van der Waals surface area (Å²) in [6.45, 7) is 4.48. The van der Waals surface area contributed by atoms with Crippen LogP contribution < -0.4 is 4.74 Å². The van der Waals surface area contributed by atoms with Crippen molar-refractivity contribution in [2.45, 2.75) is 6.42 Å². The van der Waals surface area contributed by atoms with Crippen LogP contribution in [0.15, 0.2) is 54.6 Å². The molecule has 4 heteroatoms. The summed E-state index contributed by atoms with van der Waals surface area (Å²) in [5.74, 6) is 0.818. The van der Waals surface area contributed by atoms with Gasteiger partial charge in [-0.05, 0) is 30.2 Å². The molecule has 0 bridgehead atoms. The van der Waals surface area contributed by atoms with Crippen LogP contribution in [0.4, 0.5) is 0 Å². The van der Waals surface area contributed by atoms with Crippen LogP contribution >= 0.6 is 0 Å². The fraction of sp³-hybridized carbons (Fsp3) is 0.350. The number of carbonyl (C=O) groups excluding carboxylic acids is 1. The van der Waals surface area contributed by atoms with Crippen molar-refractivity contribution in [2.75, 3.05) is 39.8 Å². The van der Waals surface area contributed by atoms with Gasteiger partial charge in [0.2, 0.25) is 0 Å². The highest BCUT2D eigenvalue weighted by Gasteiger charge is 2.22. The summed E-state index contributed by atoms with van der Waals surface area (Å²) in [6.07, 6.45) is 1.06. The number of carbonyl (C=O) groups is 1. The molecule has 0 aliphatic carbocycles. The molecule has 1 aliphatic heterocycles. The molecular weight excluding hydrogens is 300 g/mol. The number of hydrogen-bond donors (Lipinski definition) is 0. The van der Waals surface area contributed by atoms with E-state index in [0.717, 1.165) is 44.9 Å². The molecule has 0 aromatic heterocycles. The molecule has 4 nitrogen and oxygen atoms in total. The van der Waals surface area contributed by atoms with Gasteiger partial charge >= 0.3 is 0 Å². The molecule has 24 heavy (non-hydrogen) atoms. The molecule has 0 radical (unpaired) electrons. The second kappa shape index (κ2) is 7.97. The molecule has 0 N–H and O–H groups in total. The predicted molar refractivity (Wildman–Crippen MR) is 95.5 cm³/mol. The van der Waals surface area contributed by atoms with Crippen molar-refractivity contribution >= 4 is 5.91 Å². The molecule has 0 spiro atoms. The Balaban J connectivity index is 1.50. The third-order valence-electron chi connectivity index (χ3n) is 4.54. The molecular formula is C20H24N2O2. The molecule has 0 saturated carbocycles. The number of piperazine rings is 1. The van der Waals surface area contributed by atoms with Crippen molar-refractivity contribution in [1.82, 2.24) is 9.80 Å². The third kappa shape index (κ3) is 4.15. The molecule has 1 fully saturated rings. The summed E-state index contributed by atoms with van der Waals surface area (Å²) in [4.78, 5) is 17.0. The zero-order valence-corrected chi connectivity index (χ0v) is 14.1. The Kier molecular flexibility index (Phi) is 5.49. The van der Waals surface area contributed by atoms with Gasteiger partial charge in [-0.1, -0.05) is 36.4 Å². The number of hydrogen-bond acceptors (Lipinski definition) is 3. The van der Waals surface area contributed by atoms with E-state index in [1.807, 2.05) is 35.2 Å². The number of ether oxygens (including phenoxy) is 1. The zero-order valence-electron chi connectivity index (χ0n) is 14.1. The summed E-state index contributed by atoms with van der Waals surface area (Å²) in [7, 11) is 1.62. The molecule has 0 atom stereocenters. The number of methoxy groups -OCH3 is 1. The lowest BCUT2D eigenvalue weighted by atomic mass is 10.1. The summed E-state index contributed by atoms with van der Waals surface area (Å²) in [5.41, 5.74) is 2.07. The predicted octanol–water partition coefficient (Wildman–Crippen LogP) is 2.70. The first-order valence-electron chi connectivity index (χ1n) is 8.46. The number of amides is 1. The van der Waals surface area contributed by atoms with Gasteiger partial charge < -0.3 is 9.64 Å². The van der Waals surface area contributed by atoms with Gasteiger partial charge in [0, 0.05) is 38.3 Å². The molecule has 2 aromatic carbocycles. The first kappa shape index (κ1) is 16.5. The van der Waals surface area contributed by atoms with Crippen molar-refractivity contribution in [3.63, 3.8) is 0 Å². The number of nitrogens with zero attached hydrogens (tertiary/aromatic N) is 2. The minimum atomic E-state index is 0.0941. The first-order valence-corrected chi connectivity index (χ1v) is 8.46. The molecule has 0 unspecified atom stereocenters. The van der Waals surface area contributed by atoms with E-state index < -0.39 is 0 Å². The second-order valence-electron chi connectivity index (χ2n) is 6.10. The minimum absolute atomic E-state index is 0.0941. The lowest BCUT2D eigenvalue weighted by Gasteiger charge is -2.34. The number of rotatable bonds is 5. The standard InChI is InChI=1S/C20H24N2O2/c1-24-19-9-5-8-18(16-19)20(23)22-14-12-21(13-15-22)11-10-17-6-3-2-4-7-17/h2-9,16H,10-15H2,1H3. The van der Waals surface area contributed by atoms with Gasteiger partial charge in [-0.3, -0.25) is 9.69 Å². The Morgan fingerprint density at radius 3 is 2.46 bits per heavy atom. The Hall–Kier alpha value is -2.33. The normalized spacial score (nSPS) is 15.3. The monoisotopic (exact) mass is 324 g/mol. The van der Waals surface area contributed by atoms with Crippen LogP contribution in [0, 0.1) is 0 Å². The Morgan fingerprint density at radius 2 is 1.75 bits per heavy atom. The molecule has 1 saturated heterocycles. The fourth-order valence-corrected chi connectivity index (χ4v) is 3.05. The van der Waals surface area contributed by atoms with E-state index in [2.05, 4.69) is 29.2 Å². The van der Waals surface area contributed by atoms with Crippen molar-refractivity contribution < 1.29 is 9.53 Å². The second-order valence-corrected chi connectivity index (χ2v) is 6.10. The minimum Gasteiger partial charge on any atom is -0.497 e. The van der Waals surface area contributed by atoms with Crippen LogP contribution in [-0.4, -0.2) is 55.5 Å². The molecule has 126 valence electrons. The number of benzene rings is 2. The lowest BCUT2D eigenvalue weighted by Crippen LogP contribution is -2.49. The van der Waals surface area contributed by atoms with Gasteiger partial charge in [-0.15, -0.1) is 0 Å². The van der Waals surface area contributed by atoms with Crippen LogP contribution in [0.1, 0.15) is 15.9 Å². The maximum Gasteiger partial charge on any atom is 0.254 e. The largest absolute Gasteiger partial charge is 0.497 e. The van der Waals surface area contributed by atoms with E-state index in [0.29, 0.717) is 5.56 Å². The average Bonchev–Trinajstić information content (AvgIpc) is 2.67. The Morgan fingerprint density at radius 1 is 1.00 bits per heavy atom. The van der Waals surface area contributed by atoms with E-state index in [1.165, 1.54) is 5.56 Å². The van der Waals surface area contributed by atoms with Crippen molar-refractivity contribution in [1.29, 1.82) is 0 Å². The summed E-state index contributed by atoms with van der Waals surface area (Å²) >= 11 is 0. The topological polar surface area (TPSA) is 32.8 Å². The van der Waals surface area contributed by atoms with Crippen LogP contribution in [0.3, 0.4) is 0 Å². The third-order valence-corrected chi connectivity index (χ3v) is 4.54. The van der Waals surface area contributed by atoms with Crippen LogP contribution in [0.5, 0.6) is 5.75 Å². The van der Waals surface area contributed by atoms with E-state index >= 15 is 0 Å². The highest BCUT2D eigenvalue weighted by atomic mass is 16.5. The van der Waals surface area contributed by atoms with Crippen molar-refractivity contribution in [3.05, 3.63) is 65.7 Å². The smallest absolute Gasteiger partial charge is 0.254 e. The summed E-state index contributed by atoms with van der Waals surface area (Å²) in [5, 5.41) is 0. The molecule has 1 aliphatic rings. The van der Waals surface area contributed by atoms with Crippen LogP contribution in [0.25, 0.3) is 0 Å². The highest BCUT2D eigenvalue weighted by molar-refractivity contribution is 5.94. The van der Waals surface area contributed by atoms with Gasteiger partial charge in [-0.25, -0.2) is 0 Å². The van der Waals surface area contributed by atoms with Gasteiger partial charge in [0.1, 0.15) is 5.75 Å². The fourth-order valence-electron chi connectivity index (χ4n) is 3.05. The SMILES string of the molecule is COc1cccc(C(=O)N2CCN(CCc3ccccc3)CC2)c1. The highest BCUT2D eigenvalue weighted by Crippen LogP contribution is 2.15. The lowest BCUT2D eigenvalue weighted by molar-refractivity contribution is 0.0638. The van der Waals surface area contributed by atoms with E-state index in [9.17, 15) is 4.79 Å². The Bertz CT molecular complexity index is 664. The van der Waals surface area contributed by atoms with Gasteiger partial charge in [0.15, 0.2) is 0 Å². The van der Waals surface area contributed by atoms with Gasteiger partial charge in [0.25, 0.3) is 5.91 Å². The van der Waals surface area contributed by atoms with E-state index in [-0.39, 0.29) is 5.91 Å². The van der Waals surface area contributed by atoms with Crippen molar-refractivity contribution in [2.24, 2.45) is 0 Å². The van der Waals surface area contributed by atoms with Gasteiger partial charge in [-0.2, -0.15) is 0 Å². The van der Waals surface area contributed by atoms with Crippen molar-refractivity contribution in [3.8, 4) is 5.75 Å². The van der Waals surface area contributed by atoms with Crippen LogP contribution in [-0.2, 0) is 6.42 Å². The molecule has 3 rings (SSSR count). The Labute approximate surface area is 143 Å². The molecule has 1 amide bonds. The maximum atomic E-state index is 12.6.